The molecule has 1 amide bonds. The Kier molecular flexibility index (Phi) is 9.62. The van der Waals surface area contributed by atoms with E-state index in [0.29, 0.717) is 12.1 Å². The number of rotatable bonds is 9. The van der Waals surface area contributed by atoms with E-state index in [2.05, 4.69) is 45.0 Å². The molecule has 3 aromatic carbocycles. The normalized spacial score (nSPS) is 14.1. The van der Waals surface area contributed by atoms with Crippen LogP contribution in [0.3, 0.4) is 0 Å². The standard InChI is InChI=1S/C28H30FN5O3S2.ClH/c1-2-20-6-11-25-26(18-20)38-28(31-25)34-16-14-33(15-17-34)13-12-30-27(35)21-4-3-5-23(19-21)32-39(36,37)24-9-7-22(29)8-10-24;/h3-11,18-19,32H,2,12-17H2,1H3,(H,30,35);1H. The fraction of sp³-hybridized carbons (Fsp3) is 0.286. The van der Waals surface area contributed by atoms with E-state index in [1.54, 1.807) is 29.5 Å². The Hall–Kier alpha value is -3.25. The van der Waals surface area contributed by atoms with Crippen LogP contribution in [0.2, 0.25) is 0 Å². The van der Waals surface area contributed by atoms with Crippen LogP contribution in [-0.2, 0) is 16.4 Å². The number of sulfonamides is 1. The first kappa shape index (κ1) is 29.7. The summed E-state index contributed by atoms with van der Waals surface area (Å²) in [5, 5.41) is 3.98. The fourth-order valence-electron chi connectivity index (χ4n) is 4.46. The molecular formula is C28H31ClFN5O3S2. The molecule has 1 fully saturated rings. The van der Waals surface area contributed by atoms with E-state index in [4.69, 9.17) is 4.98 Å². The summed E-state index contributed by atoms with van der Waals surface area (Å²) in [6.07, 6.45) is 1.01. The van der Waals surface area contributed by atoms with Crippen molar-refractivity contribution in [1.29, 1.82) is 0 Å². The van der Waals surface area contributed by atoms with Gasteiger partial charge in [0, 0.05) is 50.5 Å². The number of aromatic nitrogens is 1. The van der Waals surface area contributed by atoms with E-state index in [1.165, 1.54) is 28.5 Å². The van der Waals surface area contributed by atoms with Gasteiger partial charge in [0.1, 0.15) is 5.82 Å². The minimum Gasteiger partial charge on any atom is -0.351 e. The third kappa shape index (κ3) is 7.08. The molecule has 8 nitrogen and oxygen atoms in total. The van der Waals surface area contributed by atoms with Crippen molar-refractivity contribution in [1.82, 2.24) is 15.2 Å². The summed E-state index contributed by atoms with van der Waals surface area (Å²) in [5.74, 6) is -0.800. The topological polar surface area (TPSA) is 94.6 Å². The molecule has 0 unspecified atom stereocenters. The van der Waals surface area contributed by atoms with E-state index >= 15 is 0 Å². The Labute approximate surface area is 243 Å². The lowest BCUT2D eigenvalue weighted by atomic mass is 10.2. The highest BCUT2D eigenvalue weighted by molar-refractivity contribution is 7.92. The Balaban J connectivity index is 0.00000370. The van der Waals surface area contributed by atoms with Crippen LogP contribution in [0.15, 0.2) is 71.6 Å². The summed E-state index contributed by atoms with van der Waals surface area (Å²) in [6, 6.07) is 17.3. The van der Waals surface area contributed by atoms with Gasteiger partial charge in [-0.2, -0.15) is 0 Å². The molecule has 0 spiro atoms. The van der Waals surface area contributed by atoms with Gasteiger partial charge in [-0.15, -0.1) is 12.4 Å². The molecule has 1 aliphatic heterocycles. The van der Waals surface area contributed by atoms with Gasteiger partial charge in [0.15, 0.2) is 5.13 Å². The number of aryl methyl sites for hydroxylation is 1. The average Bonchev–Trinajstić information content (AvgIpc) is 3.37. The first-order valence-electron chi connectivity index (χ1n) is 12.8. The van der Waals surface area contributed by atoms with Crippen molar-refractivity contribution in [3.8, 4) is 0 Å². The second kappa shape index (κ2) is 12.9. The molecule has 12 heteroatoms. The van der Waals surface area contributed by atoms with Gasteiger partial charge in [-0.25, -0.2) is 17.8 Å². The van der Waals surface area contributed by atoms with Gasteiger partial charge in [-0.3, -0.25) is 14.4 Å². The molecule has 5 rings (SSSR count). The quantitative estimate of drug-likeness (QED) is 0.286. The molecule has 0 radical (unpaired) electrons. The van der Waals surface area contributed by atoms with Crippen molar-refractivity contribution in [2.45, 2.75) is 18.2 Å². The van der Waals surface area contributed by atoms with E-state index in [9.17, 15) is 17.6 Å². The number of piperazine rings is 1. The van der Waals surface area contributed by atoms with Crippen molar-refractivity contribution in [3.63, 3.8) is 0 Å². The van der Waals surface area contributed by atoms with Crippen molar-refractivity contribution >= 4 is 60.7 Å². The number of hydrogen-bond acceptors (Lipinski definition) is 7. The van der Waals surface area contributed by atoms with Crippen molar-refractivity contribution in [2.75, 3.05) is 48.9 Å². The highest BCUT2D eigenvalue weighted by Gasteiger charge is 2.20. The van der Waals surface area contributed by atoms with Gasteiger partial charge >= 0.3 is 0 Å². The predicted molar refractivity (Wildman–Crippen MR) is 161 cm³/mol. The molecule has 1 aromatic heterocycles. The van der Waals surface area contributed by atoms with Crippen LogP contribution in [0.1, 0.15) is 22.8 Å². The van der Waals surface area contributed by atoms with E-state index < -0.39 is 15.8 Å². The minimum atomic E-state index is -3.90. The number of halogens is 2. The predicted octanol–water partition coefficient (Wildman–Crippen LogP) is 4.77. The summed E-state index contributed by atoms with van der Waals surface area (Å²) in [7, 11) is -3.90. The molecule has 0 saturated carbocycles. The number of benzene rings is 3. The van der Waals surface area contributed by atoms with Crippen LogP contribution in [0.25, 0.3) is 10.2 Å². The number of anilines is 2. The fourth-order valence-corrected chi connectivity index (χ4v) is 6.59. The van der Waals surface area contributed by atoms with E-state index in [1.807, 2.05) is 0 Å². The number of amides is 1. The molecule has 40 heavy (non-hydrogen) atoms. The number of thiazole rings is 1. The summed E-state index contributed by atoms with van der Waals surface area (Å²) in [5.41, 5.74) is 2.97. The Bertz CT molecular complexity index is 1570. The smallest absolute Gasteiger partial charge is 0.261 e. The van der Waals surface area contributed by atoms with Crippen LogP contribution in [0.5, 0.6) is 0 Å². The number of fused-ring (bicyclic) bond motifs is 1. The largest absolute Gasteiger partial charge is 0.351 e. The summed E-state index contributed by atoms with van der Waals surface area (Å²) < 4.78 is 42.0. The minimum absolute atomic E-state index is 0. The van der Waals surface area contributed by atoms with E-state index in [0.717, 1.165) is 61.9 Å². The van der Waals surface area contributed by atoms with Crippen molar-refractivity contribution < 1.29 is 17.6 Å². The monoisotopic (exact) mass is 603 g/mol. The van der Waals surface area contributed by atoms with Crippen LogP contribution < -0.4 is 14.9 Å². The third-order valence-corrected chi connectivity index (χ3v) is 9.18. The highest BCUT2D eigenvalue weighted by Crippen LogP contribution is 2.30. The maximum Gasteiger partial charge on any atom is 0.261 e. The van der Waals surface area contributed by atoms with E-state index in [-0.39, 0.29) is 28.9 Å². The Morgan fingerprint density at radius 1 is 1.02 bits per heavy atom. The summed E-state index contributed by atoms with van der Waals surface area (Å²) >= 11 is 1.74. The molecular weight excluding hydrogens is 573 g/mol. The lowest BCUT2D eigenvalue weighted by Gasteiger charge is -2.34. The molecule has 212 valence electrons. The van der Waals surface area contributed by atoms with Crippen molar-refractivity contribution in [2.24, 2.45) is 0 Å². The lowest BCUT2D eigenvalue weighted by Crippen LogP contribution is -2.48. The maximum absolute atomic E-state index is 13.1. The third-order valence-electron chi connectivity index (χ3n) is 6.71. The van der Waals surface area contributed by atoms with Gasteiger partial charge in [0.05, 0.1) is 15.1 Å². The van der Waals surface area contributed by atoms with Gasteiger partial charge in [0.25, 0.3) is 15.9 Å². The first-order chi connectivity index (χ1) is 18.8. The molecule has 0 atom stereocenters. The zero-order valence-electron chi connectivity index (χ0n) is 22.0. The molecule has 0 aliphatic carbocycles. The number of nitrogens with zero attached hydrogens (tertiary/aromatic N) is 3. The highest BCUT2D eigenvalue weighted by atomic mass is 35.5. The van der Waals surface area contributed by atoms with Crippen LogP contribution in [-0.4, -0.2) is 63.5 Å². The number of nitrogens with one attached hydrogen (secondary N) is 2. The molecule has 4 aromatic rings. The first-order valence-corrected chi connectivity index (χ1v) is 15.1. The second-order valence-electron chi connectivity index (χ2n) is 9.38. The molecule has 1 saturated heterocycles. The molecule has 2 heterocycles. The lowest BCUT2D eigenvalue weighted by molar-refractivity contribution is 0.0948. The SMILES string of the molecule is CCc1ccc2nc(N3CCN(CCNC(=O)c4cccc(NS(=O)(=O)c5ccc(F)cc5)c4)CC3)sc2c1.Cl. The van der Waals surface area contributed by atoms with Gasteiger partial charge in [-0.1, -0.05) is 30.4 Å². The molecule has 0 bridgehead atoms. The molecule has 1 aliphatic rings. The zero-order valence-corrected chi connectivity index (χ0v) is 24.4. The van der Waals surface area contributed by atoms with Crippen molar-refractivity contribution in [3.05, 3.63) is 83.7 Å². The van der Waals surface area contributed by atoms with Gasteiger partial charge < -0.3 is 10.2 Å². The molecule has 2 N–H and O–H groups in total. The van der Waals surface area contributed by atoms with Gasteiger partial charge in [-0.05, 0) is 66.6 Å². The van der Waals surface area contributed by atoms with Crippen LogP contribution >= 0.6 is 23.7 Å². The second-order valence-corrected chi connectivity index (χ2v) is 12.1. The zero-order chi connectivity index (χ0) is 27.4. The maximum atomic E-state index is 13.1. The van der Waals surface area contributed by atoms with Crippen LogP contribution in [0, 0.1) is 5.82 Å². The van der Waals surface area contributed by atoms with Crippen LogP contribution in [0.4, 0.5) is 15.2 Å². The summed E-state index contributed by atoms with van der Waals surface area (Å²) in [6.45, 7) is 6.87. The Morgan fingerprint density at radius 2 is 1.77 bits per heavy atom. The average molecular weight is 604 g/mol. The number of hydrogen-bond donors (Lipinski definition) is 2. The van der Waals surface area contributed by atoms with Gasteiger partial charge in [0.2, 0.25) is 0 Å². The number of carbonyl (C=O) groups is 1. The number of carbonyl (C=O) groups excluding carboxylic acids is 1. The Morgan fingerprint density at radius 3 is 2.50 bits per heavy atom. The summed E-state index contributed by atoms with van der Waals surface area (Å²) in [4.78, 5) is 22.1.